The van der Waals surface area contributed by atoms with Gasteiger partial charge in [0.1, 0.15) is 11.5 Å². The summed E-state index contributed by atoms with van der Waals surface area (Å²) in [6, 6.07) is 86.2. The number of aromatic nitrogens is 3. The fourth-order valence-corrected chi connectivity index (χ4v) is 10.6. The van der Waals surface area contributed by atoms with Gasteiger partial charge in [-0.15, -0.1) is 0 Å². The highest BCUT2D eigenvalue weighted by Crippen LogP contribution is 2.64. The summed E-state index contributed by atoms with van der Waals surface area (Å²) >= 11 is 0. The molecule has 318 valence electrons. The monoisotopic (exact) mass is 867 g/mol. The van der Waals surface area contributed by atoms with Gasteiger partial charge in [0.25, 0.3) is 0 Å². The predicted octanol–water partition coefficient (Wildman–Crippen LogP) is 16.0. The molecule has 0 atom stereocenters. The molecule has 0 saturated heterocycles. The summed E-state index contributed by atoms with van der Waals surface area (Å²) in [5.74, 6) is 2.43. The van der Waals surface area contributed by atoms with E-state index in [2.05, 4.69) is 211 Å². The van der Waals surface area contributed by atoms with Crippen LogP contribution >= 0.6 is 0 Å². The average molecular weight is 868 g/mol. The van der Waals surface area contributed by atoms with E-state index >= 15 is 0 Å². The Kier molecular flexibility index (Phi) is 9.36. The highest BCUT2D eigenvalue weighted by atomic mass is 16.5. The quantitative estimate of drug-likeness (QED) is 0.160. The van der Waals surface area contributed by atoms with Crippen molar-refractivity contribution >= 4 is 0 Å². The van der Waals surface area contributed by atoms with Crippen LogP contribution in [0.5, 0.6) is 11.5 Å². The smallest absolute Gasteiger partial charge is 0.160 e. The minimum absolute atomic E-state index is 0.645. The molecule has 0 amide bonds. The lowest BCUT2D eigenvalue weighted by molar-refractivity contribution is 0.436. The molecular formula is C64H41N3O. The lowest BCUT2D eigenvalue weighted by atomic mass is 9.66. The van der Waals surface area contributed by atoms with Crippen LogP contribution in [0.1, 0.15) is 22.3 Å². The van der Waals surface area contributed by atoms with Crippen LogP contribution < -0.4 is 4.74 Å². The number of pyridine rings is 1. The van der Waals surface area contributed by atoms with E-state index in [0.717, 1.165) is 89.8 Å². The zero-order chi connectivity index (χ0) is 45.0. The minimum atomic E-state index is -0.645. The number of benzene rings is 9. The van der Waals surface area contributed by atoms with Crippen LogP contribution in [-0.2, 0) is 5.41 Å². The van der Waals surface area contributed by atoms with Gasteiger partial charge in [0.15, 0.2) is 5.82 Å². The molecule has 0 unspecified atom stereocenters. The van der Waals surface area contributed by atoms with E-state index in [0.29, 0.717) is 5.82 Å². The van der Waals surface area contributed by atoms with Crippen LogP contribution in [0.25, 0.3) is 89.7 Å². The SMILES string of the molecule is c1ccc(-c2cc(-c3cccc(-c4cccc5c4-c4c(-c6ccc(-c7cccc(-c8ccccn8)c7)cc6)cccc4C54c5ccccc5Oc5ccccc54)c3)nc(-c3ccccc3)n2)cc1. The van der Waals surface area contributed by atoms with Crippen LogP contribution in [-0.4, -0.2) is 15.0 Å². The molecule has 2 aliphatic rings. The average Bonchev–Trinajstić information content (AvgIpc) is 3.72. The molecule has 0 radical (unpaired) electrons. The highest BCUT2D eigenvalue weighted by Gasteiger charge is 2.52. The maximum atomic E-state index is 6.75. The molecule has 1 aliphatic carbocycles. The van der Waals surface area contributed by atoms with E-state index in [1.54, 1.807) is 0 Å². The lowest BCUT2D eigenvalue weighted by Crippen LogP contribution is -2.32. The third-order valence-electron chi connectivity index (χ3n) is 13.6. The zero-order valence-corrected chi connectivity index (χ0v) is 36.9. The number of ether oxygens (including phenoxy) is 1. The Labute approximate surface area is 395 Å². The summed E-state index contributed by atoms with van der Waals surface area (Å²) in [4.78, 5) is 14.9. The van der Waals surface area contributed by atoms with Gasteiger partial charge in [-0.3, -0.25) is 4.98 Å². The van der Waals surface area contributed by atoms with Gasteiger partial charge in [-0.2, -0.15) is 0 Å². The van der Waals surface area contributed by atoms with E-state index in [1.807, 2.05) is 42.6 Å². The zero-order valence-electron chi connectivity index (χ0n) is 36.9. The van der Waals surface area contributed by atoms with Gasteiger partial charge in [-0.25, -0.2) is 9.97 Å². The molecule has 2 aromatic heterocycles. The van der Waals surface area contributed by atoms with Gasteiger partial charge in [0.05, 0.1) is 22.5 Å². The number of para-hydroxylation sites is 2. The molecule has 11 aromatic rings. The van der Waals surface area contributed by atoms with Crippen molar-refractivity contribution in [3.05, 3.63) is 271 Å². The Morgan fingerprint density at radius 1 is 0.294 bits per heavy atom. The largest absolute Gasteiger partial charge is 0.457 e. The highest BCUT2D eigenvalue weighted by molar-refractivity contribution is 6.03. The molecule has 1 aliphatic heterocycles. The molecule has 0 N–H and O–H groups in total. The van der Waals surface area contributed by atoms with Gasteiger partial charge in [-0.1, -0.05) is 200 Å². The Hall–Kier alpha value is -8.99. The Balaban J connectivity index is 1.02. The second kappa shape index (κ2) is 16.2. The molecule has 4 heteroatoms. The fraction of sp³-hybridized carbons (Fsp3) is 0.0156. The normalized spacial score (nSPS) is 12.6. The minimum Gasteiger partial charge on any atom is -0.457 e. The van der Waals surface area contributed by atoms with E-state index in [4.69, 9.17) is 14.7 Å². The third kappa shape index (κ3) is 6.41. The summed E-state index contributed by atoms with van der Waals surface area (Å²) in [5.41, 5.74) is 20.2. The van der Waals surface area contributed by atoms with Crippen molar-refractivity contribution < 1.29 is 4.74 Å². The van der Waals surface area contributed by atoms with Crippen molar-refractivity contribution in [3.63, 3.8) is 0 Å². The van der Waals surface area contributed by atoms with Crippen molar-refractivity contribution in [1.82, 2.24) is 15.0 Å². The molecule has 1 spiro atoms. The van der Waals surface area contributed by atoms with Gasteiger partial charge in [0, 0.05) is 39.6 Å². The number of hydrogen-bond acceptors (Lipinski definition) is 4. The first-order valence-corrected chi connectivity index (χ1v) is 23.1. The molecule has 3 heterocycles. The van der Waals surface area contributed by atoms with Crippen LogP contribution in [0.2, 0.25) is 0 Å². The van der Waals surface area contributed by atoms with Crippen LogP contribution in [0.4, 0.5) is 0 Å². The molecule has 13 rings (SSSR count). The first-order valence-electron chi connectivity index (χ1n) is 23.1. The molecule has 68 heavy (non-hydrogen) atoms. The first kappa shape index (κ1) is 39.4. The van der Waals surface area contributed by atoms with E-state index in [-0.39, 0.29) is 0 Å². The second-order valence-corrected chi connectivity index (χ2v) is 17.4. The van der Waals surface area contributed by atoms with Crippen molar-refractivity contribution in [2.24, 2.45) is 0 Å². The summed E-state index contributed by atoms with van der Waals surface area (Å²) in [5, 5.41) is 0. The maximum absolute atomic E-state index is 6.75. The van der Waals surface area contributed by atoms with Gasteiger partial charge >= 0.3 is 0 Å². The van der Waals surface area contributed by atoms with Crippen LogP contribution in [0, 0.1) is 0 Å². The van der Waals surface area contributed by atoms with Crippen LogP contribution in [0.15, 0.2) is 249 Å². The van der Waals surface area contributed by atoms with Crippen molar-refractivity contribution in [3.8, 4) is 101 Å². The topological polar surface area (TPSA) is 47.9 Å². The number of fused-ring (bicyclic) bond motifs is 9. The summed E-state index contributed by atoms with van der Waals surface area (Å²) in [6.45, 7) is 0. The van der Waals surface area contributed by atoms with Gasteiger partial charge < -0.3 is 4.74 Å². The predicted molar refractivity (Wildman–Crippen MR) is 275 cm³/mol. The maximum Gasteiger partial charge on any atom is 0.160 e. The van der Waals surface area contributed by atoms with E-state index < -0.39 is 5.41 Å². The third-order valence-corrected chi connectivity index (χ3v) is 13.6. The number of nitrogens with zero attached hydrogens (tertiary/aromatic N) is 3. The summed E-state index contributed by atoms with van der Waals surface area (Å²) < 4.78 is 6.75. The van der Waals surface area contributed by atoms with Crippen molar-refractivity contribution in [1.29, 1.82) is 0 Å². The molecular weight excluding hydrogens is 827 g/mol. The second-order valence-electron chi connectivity index (χ2n) is 17.4. The standard InChI is InChI=1S/C64H41N3O/c1-3-17-44(18-4-1)57-41-58(67-63(66-57)45-19-5-2-6-20-45)49-24-14-22-47(40-49)51-26-16-30-55-62(51)61-50(43-36-34-42(35-37-43)46-21-13-23-48(39-46)56-31-11-12-38-65-56)25-15-29-54(61)64(55)52-27-7-9-32-59(52)68-60-33-10-8-28-53(60)64/h1-41H. The fourth-order valence-electron chi connectivity index (χ4n) is 10.6. The number of rotatable bonds is 7. The summed E-state index contributed by atoms with van der Waals surface area (Å²) in [7, 11) is 0. The molecule has 0 bridgehead atoms. The Morgan fingerprint density at radius 2 is 0.765 bits per heavy atom. The Bertz CT molecular complexity index is 3600. The van der Waals surface area contributed by atoms with Crippen LogP contribution in [0.3, 0.4) is 0 Å². The number of hydrogen-bond donors (Lipinski definition) is 0. The van der Waals surface area contributed by atoms with E-state index in [1.165, 1.54) is 27.8 Å². The van der Waals surface area contributed by atoms with Crippen molar-refractivity contribution in [2.45, 2.75) is 5.41 Å². The van der Waals surface area contributed by atoms with Gasteiger partial charge in [0.2, 0.25) is 0 Å². The lowest BCUT2D eigenvalue weighted by Gasteiger charge is -2.39. The summed E-state index contributed by atoms with van der Waals surface area (Å²) in [6.07, 6.45) is 1.85. The van der Waals surface area contributed by atoms with Gasteiger partial charge in [-0.05, 0) is 98.1 Å². The van der Waals surface area contributed by atoms with E-state index in [9.17, 15) is 0 Å². The molecule has 9 aromatic carbocycles. The first-order chi connectivity index (χ1) is 33.7. The van der Waals surface area contributed by atoms with Crippen molar-refractivity contribution in [2.75, 3.05) is 0 Å². The molecule has 4 nitrogen and oxygen atoms in total. The molecule has 0 saturated carbocycles. The Morgan fingerprint density at radius 3 is 1.41 bits per heavy atom. The molecule has 0 fully saturated rings.